The van der Waals surface area contributed by atoms with Crippen molar-refractivity contribution in [3.8, 4) is 0 Å². The molecule has 3 unspecified atom stereocenters. The quantitative estimate of drug-likeness (QED) is 0.373. The van der Waals surface area contributed by atoms with Gasteiger partial charge in [-0.2, -0.15) is 0 Å². The molecule has 0 aromatic rings. The van der Waals surface area contributed by atoms with Gasteiger partial charge in [0, 0.05) is 13.1 Å². The lowest BCUT2D eigenvalue weighted by Crippen LogP contribution is -2.55. The molecule has 2 fully saturated rings. The maximum absolute atomic E-state index is 12.6. The Morgan fingerprint density at radius 1 is 1.07 bits per heavy atom. The van der Waals surface area contributed by atoms with Crippen LogP contribution < -0.4 is 16.4 Å². The molecule has 5 N–H and O–H groups in total. The molecule has 3 atom stereocenters. The number of carbonyl (C=O) groups is 5. The summed E-state index contributed by atoms with van der Waals surface area (Å²) in [5, 5.41) is 14.2. The first-order valence-electron chi connectivity index (χ1n) is 9.36. The number of nitrogens with zero attached hydrogens (tertiary/aromatic N) is 2. The highest BCUT2D eigenvalue weighted by molar-refractivity contribution is 5.94. The Balaban J connectivity index is 1.93. The molecule has 2 heterocycles. The molecule has 28 heavy (non-hydrogen) atoms. The molecular weight excluding hydrogens is 370 g/mol. The van der Waals surface area contributed by atoms with Crippen LogP contribution in [0.2, 0.25) is 0 Å². The monoisotopic (exact) mass is 397 g/mol. The van der Waals surface area contributed by atoms with E-state index in [1.165, 1.54) is 16.7 Å². The Kier molecular flexibility index (Phi) is 7.32. The van der Waals surface area contributed by atoms with Crippen LogP contribution in [0, 0.1) is 0 Å². The molecule has 0 aliphatic carbocycles. The van der Waals surface area contributed by atoms with E-state index in [4.69, 9.17) is 5.73 Å². The van der Waals surface area contributed by atoms with Gasteiger partial charge in [0.2, 0.25) is 23.6 Å². The predicted octanol–water partition coefficient (Wildman–Crippen LogP) is -2.37. The second kappa shape index (κ2) is 9.49. The van der Waals surface area contributed by atoms with Crippen LogP contribution in [-0.2, 0) is 24.0 Å². The fourth-order valence-electron chi connectivity index (χ4n) is 3.59. The molecule has 4 amide bonds. The van der Waals surface area contributed by atoms with Crippen molar-refractivity contribution in [1.29, 1.82) is 0 Å². The van der Waals surface area contributed by atoms with Gasteiger partial charge in [-0.05, 0) is 32.6 Å². The molecule has 2 aliphatic rings. The molecule has 0 aromatic heterocycles. The van der Waals surface area contributed by atoms with Crippen LogP contribution in [0.4, 0.5) is 0 Å². The van der Waals surface area contributed by atoms with Crippen LogP contribution in [-0.4, -0.2) is 88.8 Å². The highest BCUT2D eigenvalue weighted by atomic mass is 16.4. The van der Waals surface area contributed by atoms with Gasteiger partial charge in [0.15, 0.2) is 0 Å². The van der Waals surface area contributed by atoms with Gasteiger partial charge >= 0.3 is 5.97 Å². The minimum absolute atomic E-state index is 0.231. The molecule has 11 heteroatoms. The SMILES string of the molecule is CC(NC(=O)C1CCCN1C(=O)CNC(=O)CN)C(=O)N1CCCC1C(=O)O. The largest absolute Gasteiger partial charge is 0.480 e. The van der Waals surface area contributed by atoms with Crippen molar-refractivity contribution in [3.63, 3.8) is 0 Å². The summed E-state index contributed by atoms with van der Waals surface area (Å²) in [6.07, 6.45) is 2.07. The molecule has 0 radical (unpaired) electrons. The van der Waals surface area contributed by atoms with E-state index in [1.54, 1.807) is 0 Å². The summed E-state index contributed by atoms with van der Waals surface area (Å²) < 4.78 is 0. The standard InChI is InChI=1S/C17H27N5O6/c1-10(16(26)22-7-3-5-12(22)17(27)28)20-15(25)11-4-2-6-21(11)14(24)9-19-13(23)8-18/h10-12H,2-9,18H2,1H3,(H,19,23)(H,20,25)(H,27,28). The van der Waals surface area contributed by atoms with E-state index in [-0.39, 0.29) is 13.1 Å². The van der Waals surface area contributed by atoms with E-state index in [9.17, 15) is 29.1 Å². The van der Waals surface area contributed by atoms with E-state index < -0.39 is 47.7 Å². The molecule has 2 saturated heterocycles. The van der Waals surface area contributed by atoms with Crippen LogP contribution in [0.5, 0.6) is 0 Å². The molecule has 0 aromatic carbocycles. The molecule has 2 rings (SSSR count). The van der Waals surface area contributed by atoms with Gasteiger partial charge in [-0.3, -0.25) is 19.2 Å². The van der Waals surface area contributed by atoms with Crippen molar-refractivity contribution < 1.29 is 29.1 Å². The summed E-state index contributed by atoms with van der Waals surface area (Å²) in [5.74, 6) is -2.85. The van der Waals surface area contributed by atoms with E-state index in [0.29, 0.717) is 38.8 Å². The first-order valence-corrected chi connectivity index (χ1v) is 9.36. The van der Waals surface area contributed by atoms with Gasteiger partial charge in [0.05, 0.1) is 13.1 Å². The van der Waals surface area contributed by atoms with Crippen LogP contribution in [0.25, 0.3) is 0 Å². The maximum atomic E-state index is 12.6. The third-order valence-corrected chi connectivity index (χ3v) is 5.05. The number of hydrogen-bond acceptors (Lipinski definition) is 6. The lowest BCUT2D eigenvalue weighted by atomic mass is 10.1. The first-order chi connectivity index (χ1) is 13.3. The number of likely N-dealkylation sites (tertiary alicyclic amines) is 2. The zero-order valence-corrected chi connectivity index (χ0v) is 15.8. The van der Waals surface area contributed by atoms with Crippen molar-refractivity contribution in [2.75, 3.05) is 26.2 Å². The first kappa shape index (κ1) is 21.6. The Morgan fingerprint density at radius 3 is 2.29 bits per heavy atom. The fourth-order valence-corrected chi connectivity index (χ4v) is 3.59. The summed E-state index contributed by atoms with van der Waals surface area (Å²) in [6, 6.07) is -2.50. The number of carboxylic acid groups (broad SMARTS) is 1. The van der Waals surface area contributed by atoms with Crippen molar-refractivity contribution in [1.82, 2.24) is 20.4 Å². The van der Waals surface area contributed by atoms with E-state index in [2.05, 4.69) is 10.6 Å². The third-order valence-electron chi connectivity index (χ3n) is 5.05. The maximum Gasteiger partial charge on any atom is 0.326 e. The summed E-state index contributed by atoms with van der Waals surface area (Å²) in [7, 11) is 0. The Labute approximate surface area is 162 Å². The number of nitrogens with one attached hydrogen (secondary N) is 2. The molecular formula is C17H27N5O6. The Hall–Kier alpha value is -2.69. The van der Waals surface area contributed by atoms with Crippen molar-refractivity contribution in [2.24, 2.45) is 5.73 Å². The van der Waals surface area contributed by atoms with Crippen LogP contribution in [0.15, 0.2) is 0 Å². The number of nitrogens with two attached hydrogens (primary N) is 1. The Morgan fingerprint density at radius 2 is 1.68 bits per heavy atom. The van der Waals surface area contributed by atoms with Crippen molar-refractivity contribution in [2.45, 2.75) is 50.7 Å². The van der Waals surface area contributed by atoms with Gasteiger partial charge in [-0.25, -0.2) is 4.79 Å². The number of hydrogen-bond donors (Lipinski definition) is 4. The fraction of sp³-hybridized carbons (Fsp3) is 0.706. The number of amides is 4. The molecule has 2 aliphatic heterocycles. The third kappa shape index (κ3) is 4.97. The number of carboxylic acids is 1. The zero-order valence-electron chi connectivity index (χ0n) is 15.8. The van der Waals surface area contributed by atoms with Gasteiger partial charge in [0.25, 0.3) is 0 Å². The predicted molar refractivity (Wildman–Crippen MR) is 96.8 cm³/mol. The summed E-state index contributed by atoms with van der Waals surface area (Å²) in [5.41, 5.74) is 5.18. The smallest absolute Gasteiger partial charge is 0.326 e. The average Bonchev–Trinajstić information content (AvgIpc) is 3.34. The van der Waals surface area contributed by atoms with Crippen LogP contribution in [0.1, 0.15) is 32.6 Å². The highest BCUT2D eigenvalue weighted by Crippen LogP contribution is 2.20. The second-order valence-corrected chi connectivity index (χ2v) is 6.98. The number of carbonyl (C=O) groups excluding carboxylic acids is 4. The van der Waals surface area contributed by atoms with E-state index >= 15 is 0 Å². The average molecular weight is 397 g/mol. The number of rotatable bonds is 7. The minimum atomic E-state index is -1.06. The van der Waals surface area contributed by atoms with Crippen LogP contribution >= 0.6 is 0 Å². The lowest BCUT2D eigenvalue weighted by Gasteiger charge is -2.28. The van der Waals surface area contributed by atoms with Gasteiger partial charge in [0.1, 0.15) is 18.1 Å². The summed E-state index contributed by atoms with van der Waals surface area (Å²) in [4.78, 5) is 62.5. The number of aliphatic carboxylic acids is 1. The van der Waals surface area contributed by atoms with E-state index in [1.807, 2.05) is 0 Å². The summed E-state index contributed by atoms with van der Waals surface area (Å²) in [6.45, 7) is 1.74. The molecule has 156 valence electrons. The molecule has 11 nitrogen and oxygen atoms in total. The topological polar surface area (TPSA) is 162 Å². The Bertz CT molecular complexity index is 654. The lowest BCUT2D eigenvalue weighted by molar-refractivity contribution is -0.149. The second-order valence-electron chi connectivity index (χ2n) is 6.98. The normalized spacial score (nSPS) is 22.6. The minimum Gasteiger partial charge on any atom is -0.480 e. The molecule has 0 spiro atoms. The molecule has 0 saturated carbocycles. The van der Waals surface area contributed by atoms with E-state index in [0.717, 1.165) is 0 Å². The molecule has 0 bridgehead atoms. The van der Waals surface area contributed by atoms with Gasteiger partial charge in [-0.15, -0.1) is 0 Å². The van der Waals surface area contributed by atoms with Crippen molar-refractivity contribution in [3.05, 3.63) is 0 Å². The van der Waals surface area contributed by atoms with Crippen LogP contribution in [0.3, 0.4) is 0 Å². The van der Waals surface area contributed by atoms with Crippen molar-refractivity contribution >= 4 is 29.6 Å². The highest BCUT2D eigenvalue weighted by Gasteiger charge is 2.38. The van der Waals surface area contributed by atoms with Gasteiger partial charge < -0.3 is 31.3 Å². The summed E-state index contributed by atoms with van der Waals surface area (Å²) >= 11 is 0. The van der Waals surface area contributed by atoms with Gasteiger partial charge in [-0.1, -0.05) is 0 Å². The zero-order chi connectivity index (χ0) is 20.8.